The number of nitrogens with two attached hydrogens (primary N) is 1. The molecule has 3 N–H and O–H groups in total. The van der Waals surface area contributed by atoms with Gasteiger partial charge in [0.2, 0.25) is 5.88 Å². The van der Waals surface area contributed by atoms with Crippen molar-refractivity contribution < 1.29 is 23.4 Å². The van der Waals surface area contributed by atoms with E-state index in [1.54, 1.807) is 0 Å². The van der Waals surface area contributed by atoms with Crippen LogP contribution in [0.3, 0.4) is 0 Å². The average Bonchev–Trinajstić information content (AvgIpc) is 2.19. The second-order valence-electron chi connectivity index (χ2n) is 2.99. The zero-order valence-electron chi connectivity index (χ0n) is 8.41. The highest BCUT2D eigenvalue weighted by Crippen LogP contribution is 2.31. The zero-order valence-corrected chi connectivity index (χ0v) is 8.41. The fourth-order valence-corrected chi connectivity index (χ4v) is 1.26. The van der Waals surface area contributed by atoms with Crippen molar-refractivity contribution >= 4 is 11.7 Å². The molecule has 0 saturated heterocycles. The Hall–Kier alpha value is -1.92. The second kappa shape index (κ2) is 4.73. The van der Waals surface area contributed by atoms with Crippen LogP contribution in [0.15, 0.2) is 6.20 Å². The summed E-state index contributed by atoms with van der Waals surface area (Å²) in [6.07, 6.45) is -2.54. The van der Waals surface area contributed by atoms with Gasteiger partial charge in [-0.05, 0) is 0 Å². The number of rotatable bonds is 4. The van der Waals surface area contributed by atoms with Crippen LogP contribution in [0.2, 0.25) is 0 Å². The molecule has 0 aliphatic rings. The fourth-order valence-electron chi connectivity index (χ4n) is 1.26. The lowest BCUT2D eigenvalue weighted by molar-refractivity contribution is -0.136. The Morgan fingerprint density at radius 3 is 2.75 bits per heavy atom. The van der Waals surface area contributed by atoms with Gasteiger partial charge in [0.05, 0.1) is 19.2 Å². The molecule has 0 aliphatic carbocycles. The van der Waals surface area contributed by atoms with E-state index in [2.05, 4.69) is 4.98 Å². The van der Waals surface area contributed by atoms with Crippen molar-refractivity contribution in [2.75, 3.05) is 12.8 Å². The summed E-state index contributed by atoms with van der Waals surface area (Å²) in [6, 6.07) is 0. The van der Waals surface area contributed by atoms with Crippen molar-refractivity contribution in [2.45, 2.75) is 12.8 Å². The minimum atomic E-state index is -2.82. The van der Waals surface area contributed by atoms with Gasteiger partial charge in [0.15, 0.2) is 0 Å². The number of aromatic nitrogens is 1. The number of carboxylic acids is 1. The largest absolute Gasteiger partial charge is 0.481 e. The number of alkyl halides is 2. The van der Waals surface area contributed by atoms with E-state index in [-0.39, 0.29) is 17.1 Å². The Kier molecular flexibility index (Phi) is 3.60. The van der Waals surface area contributed by atoms with E-state index >= 15 is 0 Å². The fraction of sp³-hybridized carbons (Fsp3) is 0.333. The summed E-state index contributed by atoms with van der Waals surface area (Å²) in [7, 11) is 1.27. The van der Waals surface area contributed by atoms with Gasteiger partial charge in [-0.1, -0.05) is 0 Å². The van der Waals surface area contributed by atoms with Crippen molar-refractivity contribution in [1.29, 1.82) is 0 Å². The molecule has 0 aromatic carbocycles. The molecule has 1 rings (SSSR count). The molecule has 0 unspecified atom stereocenters. The van der Waals surface area contributed by atoms with Crippen molar-refractivity contribution in [1.82, 2.24) is 4.98 Å². The van der Waals surface area contributed by atoms with E-state index < -0.39 is 24.4 Å². The van der Waals surface area contributed by atoms with Crippen molar-refractivity contribution in [3.8, 4) is 5.88 Å². The number of pyridine rings is 1. The summed E-state index contributed by atoms with van der Waals surface area (Å²) < 4.78 is 29.9. The normalized spacial score (nSPS) is 10.5. The van der Waals surface area contributed by atoms with Gasteiger partial charge in [0, 0.05) is 17.3 Å². The monoisotopic (exact) mass is 232 g/mol. The third kappa shape index (κ3) is 2.36. The smallest absolute Gasteiger partial charge is 0.307 e. The SMILES string of the molecule is COc1ncc(C(F)F)c(CC(=O)O)c1N. The summed E-state index contributed by atoms with van der Waals surface area (Å²) in [6.45, 7) is 0. The van der Waals surface area contributed by atoms with Crippen molar-refractivity contribution in [3.05, 3.63) is 17.3 Å². The molecule has 88 valence electrons. The van der Waals surface area contributed by atoms with Crippen molar-refractivity contribution in [3.63, 3.8) is 0 Å². The first-order valence-corrected chi connectivity index (χ1v) is 4.28. The third-order valence-corrected chi connectivity index (χ3v) is 1.98. The highest BCUT2D eigenvalue weighted by Gasteiger charge is 2.21. The zero-order chi connectivity index (χ0) is 12.3. The number of carbonyl (C=O) groups is 1. The molecule has 0 radical (unpaired) electrons. The van der Waals surface area contributed by atoms with Crippen LogP contribution < -0.4 is 10.5 Å². The first-order chi connectivity index (χ1) is 7.47. The summed E-state index contributed by atoms with van der Waals surface area (Å²) in [5, 5.41) is 8.60. The van der Waals surface area contributed by atoms with Gasteiger partial charge < -0.3 is 15.6 Å². The van der Waals surface area contributed by atoms with E-state index in [9.17, 15) is 13.6 Å². The van der Waals surface area contributed by atoms with Gasteiger partial charge in [-0.3, -0.25) is 4.79 Å². The van der Waals surface area contributed by atoms with Gasteiger partial charge in [0.1, 0.15) is 0 Å². The van der Waals surface area contributed by atoms with Crippen molar-refractivity contribution in [2.24, 2.45) is 0 Å². The molecular formula is C9H10F2N2O3. The number of ether oxygens (including phenoxy) is 1. The molecule has 0 aliphatic heterocycles. The third-order valence-electron chi connectivity index (χ3n) is 1.98. The molecule has 0 atom stereocenters. The van der Waals surface area contributed by atoms with E-state index in [1.165, 1.54) is 7.11 Å². The van der Waals surface area contributed by atoms with Gasteiger partial charge in [-0.15, -0.1) is 0 Å². The number of methoxy groups -OCH3 is 1. The van der Waals surface area contributed by atoms with Gasteiger partial charge in [-0.25, -0.2) is 13.8 Å². The van der Waals surface area contributed by atoms with Crippen LogP contribution in [0.4, 0.5) is 14.5 Å². The maximum absolute atomic E-state index is 12.6. The number of hydrogen-bond acceptors (Lipinski definition) is 4. The lowest BCUT2D eigenvalue weighted by Crippen LogP contribution is -2.10. The quantitative estimate of drug-likeness (QED) is 0.815. The van der Waals surface area contributed by atoms with Gasteiger partial charge in [0.25, 0.3) is 6.43 Å². The molecule has 1 aromatic heterocycles. The molecule has 5 nitrogen and oxygen atoms in total. The Balaban J connectivity index is 3.30. The summed E-state index contributed by atoms with van der Waals surface area (Å²) in [5.41, 5.74) is 4.69. The highest BCUT2D eigenvalue weighted by molar-refractivity contribution is 5.75. The number of carboxylic acid groups (broad SMARTS) is 1. The van der Waals surface area contributed by atoms with Crippen LogP contribution in [0, 0.1) is 0 Å². The molecule has 0 amide bonds. The van der Waals surface area contributed by atoms with Crippen LogP contribution in [-0.4, -0.2) is 23.2 Å². The van der Waals surface area contributed by atoms with Gasteiger partial charge >= 0.3 is 5.97 Å². The standard InChI is InChI=1S/C9H10F2N2O3/c1-16-9-7(12)4(2-6(14)15)5(3-13-9)8(10)11/h3,8H,2,12H2,1H3,(H,14,15). The Labute approximate surface area is 89.9 Å². The minimum absolute atomic E-state index is 0.0550. The van der Waals surface area contributed by atoms with Gasteiger partial charge in [-0.2, -0.15) is 0 Å². The summed E-state index contributed by atoms with van der Waals surface area (Å²) in [5.74, 6) is -1.30. The summed E-state index contributed by atoms with van der Waals surface area (Å²) >= 11 is 0. The van der Waals surface area contributed by atoms with E-state index in [0.717, 1.165) is 6.20 Å². The molecule has 7 heteroatoms. The van der Waals surface area contributed by atoms with Crippen LogP contribution >= 0.6 is 0 Å². The second-order valence-corrected chi connectivity index (χ2v) is 2.99. The molecule has 0 fully saturated rings. The predicted molar refractivity (Wildman–Crippen MR) is 51.5 cm³/mol. The van der Waals surface area contributed by atoms with E-state index in [0.29, 0.717) is 0 Å². The molecule has 0 bridgehead atoms. The predicted octanol–water partition coefficient (Wildman–Crippen LogP) is 1.24. The Bertz CT molecular complexity index is 410. The maximum atomic E-state index is 12.6. The highest BCUT2D eigenvalue weighted by atomic mass is 19.3. The number of nitrogens with zero attached hydrogens (tertiary/aromatic N) is 1. The number of anilines is 1. The van der Waals surface area contributed by atoms with Crippen LogP contribution in [-0.2, 0) is 11.2 Å². The van der Waals surface area contributed by atoms with E-state index in [4.69, 9.17) is 15.6 Å². The maximum Gasteiger partial charge on any atom is 0.307 e. The van der Waals surface area contributed by atoms with Crippen LogP contribution in [0.1, 0.15) is 17.6 Å². The molecule has 16 heavy (non-hydrogen) atoms. The van der Waals surface area contributed by atoms with E-state index in [1.807, 2.05) is 0 Å². The molecular weight excluding hydrogens is 222 g/mol. The lowest BCUT2D eigenvalue weighted by Gasteiger charge is -2.12. The summed E-state index contributed by atoms with van der Waals surface area (Å²) in [4.78, 5) is 14.1. The molecule has 1 heterocycles. The Morgan fingerprint density at radius 1 is 1.69 bits per heavy atom. The first kappa shape index (κ1) is 12.2. The first-order valence-electron chi connectivity index (χ1n) is 4.28. The molecule has 0 saturated carbocycles. The lowest BCUT2D eigenvalue weighted by atomic mass is 10.1. The molecule has 1 aromatic rings. The average molecular weight is 232 g/mol. The number of aliphatic carboxylic acids is 1. The topological polar surface area (TPSA) is 85.4 Å². The number of nitrogen functional groups attached to an aromatic ring is 1. The number of halogens is 2. The van der Waals surface area contributed by atoms with Crippen LogP contribution in [0.5, 0.6) is 5.88 Å². The number of hydrogen-bond donors (Lipinski definition) is 2. The minimum Gasteiger partial charge on any atom is -0.481 e. The van der Waals surface area contributed by atoms with Crippen LogP contribution in [0.25, 0.3) is 0 Å². The Morgan fingerprint density at radius 2 is 2.31 bits per heavy atom. The molecule has 0 spiro atoms.